The van der Waals surface area contributed by atoms with Crippen molar-refractivity contribution in [2.45, 2.75) is 44.4 Å². The molecule has 0 unspecified atom stereocenters. The van der Waals surface area contributed by atoms with Crippen molar-refractivity contribution >= 4 is 0 Å². The van der Waals surface area contributed by atoms with Gasteiger partial charge in [0.1, 0.15) is 6.61 Å². The largest absolute Gasteiger partial charge is 0.372 e. The van der Waals surface area contributed by atoms with Crippen LogP contribution >= 0.6 is 0 Å². The summed E-state index contributed by atoms with van der Waals surface area (Å²) in [6, 6.07) is 0. The normalized spacial score (nSPS) is 22.5. The predicted octanol–water partition coefficient (Wildman–Crippen LogP) is 0.232. The first-order valence-electron chi connectivity index (χ1n) is 5.54. The third-order valence-corrected chi connectivity index (χ3v) is 3.21. The Hall–Kier alpha value is -0.940. The number of fused-ring (bicyclic) bond motifs is 1. The minimum Gasteiger partial charge on any atom is -0.372 e. The Kier molecular flexibility index (Phi) is 2.03. The van der Waals surface area contributed by atoms with Gasteiger partial charge in [0.2, 0.25) is 0 Å². The molecule has 0 amide bonds. The van der Waals surface area contributed by atoms with Crippen molar-refractivity contribution in [1.82, 2.24) is 14.8 Å². The Morgan fingerprint density at radius 3 is 3.07 bits per heavy atom. The van der Waals surface area contributed by atoms with E-state index in [9.17, 15) is 0 Å². The lowest BCUT2D eigenvalue weighted by Gasteiger charge is -2.11. The highest BCUT2D eigenvalue weighted by Gasteiger charge is 2.37. The number of nitrogens with two attached hydrogens (primary N) is 1. The second kappa shape index (κ2) is 3.28. The Morgan fingerprint density at radius 1 is 1.47 bits per heavy atom. The van der Waals surface area contributed by atoms with Gasteiger partial charge >= 0.3 is 0 Å². The summed E-state index contributed by atoms with van der Waals surface area (Å²) in [4.78, 5) is 4.45. The number of ether oxygens (including phenoxy) is 1. The van der Waals surface area contributed by atoms with Gasteiger partial charge in [0.25, 0.3) is 0 Å². The first kappa shape index (κ1) is 9.30. The molecule has 5 nitrogen and oxygen atoms in total. The number of rotatable bonds is 3. The Balaban J connectivity index is 1.67. The lowest BCUT2D eigenvalue weighted by atomic mass is 10.1. The molecule has 0 bridgehead atoms. The average Bonchev–Trinajstić information content (AvgIpc) is 2.83. The highest BCUT2D eigenvalue weighted by Crippen LogP contribution is 2.36. The topological polar surface area (TPSA) is 66.0 Å². The van der Waals surface area contributed by atoms with Gasteiger partial charge in [-0.15, -0.1) is 0 Å². The SMILES string of the molecule is NC1(CCc2nc3n(n2)CCOC3)CC1. The van der Waals surface area contributed by atoms with E-state index in [1.54, 1.807) is 0 Å². The van der Waals surface area contributed by atoms with Gasteiger partial charge in [0, 0.05) is 12.0 Å². The van der Waals surface area contributed by atoms with E-state index in [0.717, 1.165) is 50.5 Å². The second-order valence-electron chi connectivity index (χ2n) is 4.58. The Labute approximate surface area is 88.6 Å². The molecule has 1 aliphatic carbocycles. The fraction of sp³-hybridized carbons (Fsp3) is 0.800. The highest BCUT2D eigenvalue weighted by molar-refractivity contribution is 5.02. The van der Waals surface area contributed by atoms with Crippen LogP contribution in [-0.4, -0.2) is 26.9 Å². The van der Waals surface area contributed by atoms with Crippen molar-refractivity contribution in [3.8, 4) is 0 Å². The maximum absolute atomic E-state index is 6.03. The number of hydrogen-bond acceptors (Lipinski definition) is 4. The fourth-order valence-electron chi connectivity index (χ4n) is 1.90. The van der Waals surface area contributed by atoms with Gasteiger partial charge in [0.05, 0.1) is 13.2 Å². The van der Waals surface area contributed by atoms with Gasteiger partial charge in [-0.1, -0.05) is 0 Å². The second-order valence-corrected chi connectivity index (χ2v) is 4.58. The molecule has 3 rings (SSSR count). The standard InChI is InChI=1S/C10H16N4O/c11-10(3-4-10)2-1-8-12-9-7-15-6-5-14(9)13-8/h1-7,11H2. The summed E-state index contributed by atoms with van der Waals surface area (Å²) >= 11 is 0. The van der Waals surface area contributed by atoms with Crippen LogP contribution in [0.4, 0.5) is 0 Å². The molecule has 0 aromatic carbocycles. The van der Waals surface area contributed by atoms with Crippen molar-refractivity contribution in [2.24, 2.45) is 5.73 Å². The first-order valence-corrected chi connectivity index (χ1v) is 5.54. The zero-order valence-corrected chi connectivity index (χ0v) is 8.78. The van der Waals surface area contributed by atoms with Crippen molar-refractivity contribution in [3.05, 3.63) is 11.6 Å². The van der Waals surface area contributed by atoms with Gasteiger partial charge in [0.15, 0.2) is 11.6 Å². The lowest BCUT2D eigenvalue weighted by Crippen LogP contribution is -2.22. The van der Waals surface area contributed by atoms with Crippen molar-refractivity contribution < 1.29 is 4.74 Å². The number of aromatic nitrogens is 3. The van der Waals surface area contributed by atoms with Gasteiger partial charge in [-0.3, -0.25) is 0 Å². The molecule has 0 spiro atoms. The van der Waals surface area contributed by atoms with Crippen LogP contribution in [0.3, 0.4) is 0 Å². The molecular weight excluding hydrogens is 192 g/mol. The van der Waals surface area contributed by atoms with Gasteiger partial charge in [-0.25, -0.2) is 9.67 Å². The number of nitrogens with zero attached hydrogens (tertiary/aromatic N) is 3. The molecule has 15 heavy (non-hydrogen) atoms. The Morgan fingerprint density at radius 2 is 2.33 bits per heavy atom. The van der Waals surface area contributed by atoms with Crippen LogP contribution in [0, 0.1) is 0 Å². The summed E-state index contributed by atoms with van der Waals surface area (Å²) in [5.41, 5.74) is 6.13. The summed E-state index contributed by atoms with van der Waals surface area (Å²) in [6.45, 7) is 2.17. The van der Waals surface area contributed by atoms with E-state index in [4.69, 9.17) is 10.5 Å². The van der Waals surface area contributed by atoms with Crippen LogP contribution in [-0.2, 0) is 24.3 Å². The van der Waals surface area contributed by atoms with E-state index in [2.05, 4.69) is 10.1 Å². The summed E-state index contributed by atoms with van der Waals surface area (Å²) in [7, 11) is 0. The van der Waals surface area contributed by atoms with Gasteiger partial charge in [-0.2, -0.15) is 5.10 Å². The maximum atomic E-state index is 6.03. The van der Waals surface area contributed by atoms with E-state index < -0.39 is 0 Å². The summed E-state index contributed by atoms with van der Waals surface area (Å²) in [5.74, 6) is 1.88. The Bertz CT molecular complexity index is 346. The predicted molar refractivity (Wildman–Crippen MR) is 54.2 cm³/mol. The molecule has 1 fully saturated rings. The molecule has 1 aromatic heterocycles. The molecule has 1 saturated carbocycles. The van der Waals surface area contributed by atoms with Crippen molar-refractivity contribution in [2.75, 3.05) is 6.61 Å². The lowest BCUT2D eigenvalue weighted by molar-refractivity contribution is 0.0769. The number of aryl methyl sites for hydroxylation is 1. The highest BCUT2D eigenvalue weighted by atomic mass is 16.5. The molecule has 1 aliphatic heterocycles. The van der Waals surface area contributed by atoms with Crippen LogP contribution in [0.1, 0.15) is 30.9 Å². The fourth-order valence-corrected chi connectivity index (χ4v) is 1.90. The van der Waals surface area contributed by atoms with E-state index in [-0.39, 0.29) is 5.54 Å². The van der Waals surface area contributed by atoms with Crippen LogP contribution < -0.4 is 5.73 Å². The summed E-state index contributed by atoms with van der Waals surface area (Å²) < 4.78 is 7.27. The monoisotopic (exact) mass is 208 g/mol. The van der Waals surface area contributed by atoms with Crippen LogP contribution in [0.5, 0.6) is 0 Å². The quantitative estimate of drug-likeness (QED) is 0.772. The van der Waals surface area contributed by atoms with E-state index in [1.165, 1.54) is 0 Å². The molecule has 5 heteroatoms. The molecule has 1 aromatic rings. The number of hydrogen-bond donors (Lipinski definition) is 1. The average molecular weight is 208 g/mol. The smallest absolute Gasteiger partial charge is 0.153 e. The molecule has 2 heterocycles. The maximum Gasteiger partial charge on any atom is 0.153 e. The van der Waals surface area contributed by atoms with Crippen molar-refractivity contribution in [3.63, 3.8) is 0 Å². The summed E-state index contributed by atoms with van der Waals surface area (Å²) in [5, 5.41) is 4.45. The van der Waals surface area contributed by atoms with E-state index in [1.807, 2.05) is 4.68 Å². The van der Waals surface area contributed by atoms with Crippen molar-refractivity contribution in [1.29, 1.82) is 0 Å². The van der Waals surface area contributed by atoms with Crippen LogP contribution in [0.15, 0.2) is 0 Å². The molecule has 82 valence electrons. The van der Waals surface area contributed by atoms with Gasteiger partial charge < -0.3 is 10.5 Å². The first-order chi connectivity index (χ1) is 7.25. The molecule has 0 radical (unpaired) electrons. The van der Waals surface area contributed by atoms with E-state index >= 15 is 0 Å². The third kappa shape index (κ3) is 1.89. The molecule has 0 atom stereocenters. The summed E-state index contributed by atoms with van der Waals surface area (Å²) in [6.07, 6.45) is 4.22. The van der Waals surface area contributed by atoms with Gasteiger partial charge in [-0.05, 0) is 19.3 Å². The third-order valence-electron chi connectivity index (χ3n) is 3.21. The zero-order valence-electron chi connectivity index (χ0n) is 8.78. The molecule has 0 saturated heterocycles. The zero-order chi connectivity index (χ0) is 10.3. The van der Waals surface area contributed by atoms with E-state index in [0.29, 0.717) is 6.61 Å². The van der Waals surface area contributed by atoms with Crippen LogP contribution in [0.2, 0.25) is 0 Å². The molecular formula is C10H16N4O. The molecule has 2 aliphatic rings. The minimum atomic E-state index is 0.0995. The minimum absolute atomic E-state index is 0.0995. The molecule has 2 N–H and O–H groups in total. The van der Waals surface area contributed by atoms with Crippen LogP contribution in [0.25, 0.3) is 0 Å².